The van der Waals surface area contributed by atoms with E-state index in [4.69, 9.17) is 12.2 Å². The molecule has 1 saturated carbocycles. The highest BCUT2D eigenvalue weighted by Gasteiger charge is 2.25. The topological polar surface area (TPSA) is 29.2 Å². The standard InChI is InChI=1S/C15H21N5S2/c21-15-19(13-3-4-13)11-16-20(15)12-18-7-5-17(6-8-18)10-14-2-1-9-22-14/h1-2,9,11,13H,3-8,10,12H2. The van der Waals surface area contributed by atoms with Gasteiger partial charge in [-0.3, -0.25) is 9.80 Å². The molecule has 2 aliphatic rings. The summed E-state index contributed by atoms with van der Waals surface area (Å²) in [5.41, 5.74) is 0. The Kier molecular flexibility index (Phi) is 4.13. The summed E-state index contributed by atoms with van der Waals surface area (Å²) < 4.78 is 5.01. The molecule has 118 valence electrons. The van der Waals surface area contributed by atoms with E-state index in [0.29, 0.717) is 6.04 Å². The largest absolute Gasteiger partial charge is 0.303 e. The summed E-state index contributed by atoms with van der Waals surface area (Å²) in [6.07, 6.45) is 4.41. The average Bonchev–Trinajstić information content (AvgIpc) is 3.13. The molecule has 2 fully saturated rings. The Morgan fingerprint density at radius 2 is 1.95 bits per heavy atom. The van der Waals surface area contributed by atoms with E-state index in [1.165, 1.54) is 17.7 Å². The molecule has 0 atom stereocenters. The van der Waals surface area contributed by atoms with E-state index in [1.54, 1.807) is 0 Å². The fourth-order valence-corrected chi connectivity index (χ4v) is 4.00. The zero-order valence-electron chi connectivity index (χ0n) is 12.6. The maximum Gasteiger partial charge on any atom is 0.199 e. The molecule has 1 saturated heterocycles. The predicted octanol–water partition coefficient (Wildman–Crippen LogP) is 2.59. The lowest BCUT2D eigenvalue weighted by molar-refractivity contribution is 0.0986. The van der Waals surface area contributed by atoms with Gasteiger partial charge >= 0.3 is 0 Å². The highest BCUT2D eigenvalue weighted by molar-refractivity contribution is 7.71. The third-order valence-electron chi connectivity index (χ3n) is 4.46. The second kappa shape index (κ2) is 6.23. The molecule has 2 aromatic heterocycles. The van der Waals surface area contributed by atoms with Gasteiger partial charge in [-0.1, -0.05) is 6.07 Å². The Balaban J connectivity index is 1.31. The lowest BCUT2D eigenvalue weighted by Gasteiger charge is -2.34. The number of hydrogen-bond acceptors (Lipinski definition) is 5. The smallest absolute Gasteiger partial charge is 0.199 e. The summed E-state index contributed by atoms with van der Waals surface area (Å²) in [6.45, 7) is 6.32. The van der Waals surface area contributed by atoms with Crippen molar-refractivity contribution in [2.24, 2.45) is 0 Å². The molecular weight excluding hydrogens is 314 g/mol. The maximum atomic E-state index is 5.54. The van der Waals surface area contributed by atoms with Crippen LogP contribution in [0.5, 0.6) is 0 Å². The lowest BCUT2D eigenvalue weighted by atomic mass is 10.3. The fourth-order valence-electron chi connectivity index (χ4n) is 2.95. The Morgan fingerprint density at radius 1 is 1.18 bits per heavy atom. The second-order valence-corrected chi connectivity index (χ2v) is 7.56. The summed E-state index contributed by atoms with van der Waals surface area (Å²) in [4.78, 5) is 6.44. The van der Waals surface area contributed by atoms with E-state index in [0.717, 1.165) is 44.2 Å². The van der Waals surface area contributed by atoms with Crippen LogP contribution < -0.4 is 0 Å². The first-order valence-electron chi connectivity index (χ1n) is 7.90. The van der Waals surface area contributed by atoms with Gasteiger partial charge in [0.15, 0.2) is 4.77 Å². The van der Waals surface area contributed by atoms with Crippen LogP contribution in [-0.4, -0.2) is 50.3 Å². The van der Waals surface area contributed by atoms with Crippen LogP contribution in [0.2, 0.25) is 0 Å². The van der Waals surface area contributed by atoms with Crippen molar-refractivity contribution < 1.29 is 0 Å². The SMILES string of the molecule is S=c1n(C2CC2)cnn1CN1CCN(Cc2cccs2)CC1. The molecule has 0 bridgehead atoms. The molecule has 0 amide bonds. The summed E-state index contributed by atoms with van der Waals surface area (Å²) >= 11 is 7.39. The van der Waals surface area contributed by atoms with Gasteiger partial charge in [-0.25, -0.2) is 4.68 Å². The summed E-state index contributed by atoms with van der Waals surface area (Å²) in [5.74, 6) is 0. The molecule has 3 heterocycles. The highest BCUT2D eigenvalue weighted by atomic mass is 32.1. The predicted molar refractivity (Wildman–Crippen MR) is 90.5 cm³/mol. The number of nitrogens with zero attached hydrogens (tertiary/aromatic N) is 5. The highest BCUT2D eigenvalue weighted by Crippen LogP contribution is 2.34. The zero-order chi connectivity index (χ0) is 14.9. The van der Waals surface area contributed by atoms with Crippen LogP contribution in [-0.2, 0) is 13.2 Å². The minimum absolute atomic E-state index is 0.615. The van der Waals surface area contributed by atoms with Crippen molar-refractivity contribution in [3.8, 4) is 0 Å². The van der Waals surface area contributed by atoms with Gasteiger partial charge in [-0.2, -0.15) is 5.10 Å². The van der Waals surface area contributed by atoms with E-state index < -0.39 is 0 Å². The Hall–Kier alpha value is -1.02. The van der Waals surface area contributed by atoms with Gasteiger partial charge in [0.2, 0.25) is 0 Å². The van der Waals surface area contributed by atoms with E-state index >= 15 is 0 Å². The third kappa shape index (κ3) is 3.17. The van der Waals surface area contributed by atoms with E-state index in [9.17, 15) is 0 Å². The molecule has 0 spiro atoms. The average molecular weight is 336 g/mol. The number of rotatable bonds is 5. The monoisotopic (exact) mass is 335 g/mol. The second-order valence-electron chi connectivity index (χ2n) is 6.17. The Labute approximate surface area is 139 Å². The number of thiophene rings is 1. The van der Waals surface area contributed by atoms with Crippen molar-refractivity contribution in [3.63, 3.8) is 0 Å². The zero-order valence-corrected chi connectivity index (χ0v) is 14.2. The van der Waals surface area contributed by atoms with Crippen LogP contribution in [0.15, 0.2) is 23.8 Å². The van der Waals surface area contributed by atoms with Gasteiger partial charge in [0, 0.05) is 43.6 Å². The molecule has 0 unspecified atom stereocenters. The van der Waals surface area contributed by atoms with E-state index in [1.807, 2.05) is 22.3 Å². The van der Waals surface area contributed by atoms with Crippen LogP contribution in [0.4, 0.5) is 0 Å². The summed E-state index contributed by atoms with van der Waals surface area (Å²) in [5, 5.41) is 6.63. The number of piperazine rings is 1. The van der Waals surface area contributed by atoms with Crippen molar-refractivity contribution >= 4 is 23.6 Å². The molecule has 2 aromatic rings. The van der Waals surface area contributed by atoms with Gasteiger partial charge in [-0.05, 0) is 36.5 Å². The molecule has 1 aliphatic carbocycles. The van der Waals surface area contributed by atoms with Crippen LogP contribution >= 0.6 is 23.6 Å². The third-order valence-corrected chi connectivity index (χ3v) is 5.74. The maximum absolute atomic E-state index is 5.54. The first-order chi connectivity index (χ1) is 10.8. The molecule has 5 nitrogen and oxygen atoms in total. The molecule has 0 aromatic carbocycles. The first kappa shape index (κ1) is 14.6. The first-order valence-corrected chi connectivity index (χ1v) is 9.19. The Morgan fingerprint density at radius 3 is 2.64 bits per heavy atom. The van der Waals surface area contributed by atoms with E-state index in [2.05, 4.69) is 37.0 Å². The molecule has 1 aliphatic heterocycles. The van der Waals surface area contributed by atoms with Crippen LogP contribution in [0.1, 0.15) is 23.8 Å². The van der Waals surface area contributed by atoms with Crippen molar-refractivity contribution in [1.82, 2.24) is 24.1 Å². The summed E-state index contributed by atoms with van der Waals surface area (Å²) in [6, 6.07) is 4.97. The minimum atomic E-state index is 0.615. The number of aromatic nitrogens is 3. The van der Waals surface area contributed by atoms with E-state index in [-0.39, 0.29) is 0 Å². The van der Waals surface area contributed by atoms with Gasteiger partial charge in [0.25, 0.3) is 0 Å². The molecule has 0 N–H and O–H groups in total. The van der Waals surface area contributed by atoms with Gasteiger partial charge < -0.3 is 4.57 Å². The molecular formula is C15H21N5S2. The quantitative estimate of drug-likeness (QED) is 0.786. The van der Waals surface area contributed by atoms with Crippen LogP contribution in [0.3, 0.4) is 0 Å². The van der Waals surface area contributed by atoms with Crippen molar-refractivity contribution in [1.29, 1.82) is 0 Å². The molecule has 7 heteroatoms. The van der Waals surface area contributed by atoms with Crippen molar-refractivity contribution in [3.05, 3.63) is 33.5 Å². The lowest BCUT2D eigenvalue weighted by Crippen LogP contribution is -2.46. The fraction of sp³-hybridized carbons (Fsp3) is 0.600. The van der Waals surface area contributed by atoms with Crippen LogP contribution in [0, 0.1) is 4.77 Å². The van der Waals surface area contributed by atoms with Gasteiger partial charge in [0.05, 0.1) is 6.67 Å². The minimum Gasteiger partial charge on any atom is -0.303 e. The van der Waals surface area contributed by atoms with Crippen molar-refractivity contribution in [2.45, 2.75) is 32.1 Å². The summed E-state index contributed by atoms with van der Waals surface area (Å²) in [7, 11) is 0. The van der Waals surface area contributed by atoms with Crippen molar-refractivity contribution in [2.75, 3.05) is 26.2 Å². The van der Waals surface area contributed by atoms with Crippen LogP contribution in [0.25, 0.3) is 0 Å². The molecule has 0 radical (unpaired) electrons. The molecule has 22 heavy (non-hydrogen) atoms. The Bertz CT molecular complexity index is 662. The van der Waals surface area contributed by atoms with Gasteiger partial charge in [-0.15, -0.1) is 11.3 Å². The normalized spacial score (nSPS) is 20.5. The molecule has 4 rings (SSSR count). The number of hydrogen-bond donors (Lipinski definition) is 0. The van der Waals surface area contributed by atoms with Gasteiger partial charge in [0.1, 0.15) is 6.33 Å².